The number of ether oxygens (including phenoxy) is 1. The van der Waals surface area contributed by atoms with E-state index in [2.05, 4.69) is 4.90 Å². The average molecular weight is 398 g/mol. The second-order valence-electron chi connectivity index (χ2n) is 6.92. The molecule has 0 radical (unpaired) electrons. The highest BCUT2D eigenvalue weighted by atomic mass is 32.2. The number of amides is 1. The van der Waals surface area contributed by atoms with Gasteiger partial charge in [-0.15, -0.1) is 0 Å². The molecule has 8 heteroatoms. The fraction of sp³-hybridized carbons (Fsp3) is 0.632. The molecule has 1 aliphatic heterocycles. The van der Waals surface area contributed by atoms with Crippen molar-refractivity contribution in [3.63, 3.8) is 0 Å². The van der Waals surface area contributed by atoms with Gasteiger partial charge in [-0.2, -0.15) is 4.31 Å². The number of rotatable bonds is 8. The summed E-state index contributed by atoms with van der Waals surface area (Å²) >= 11 is 0. The molecule has 152 valence electrons. The van der Waals surface area contributed by atoms with E-state index in [1.807, 2.05) is 43.0 Å². The Balaban J connectivity index is 1.91. The molecule has 0 N–H and O–H groups in total. The van der Waals surface area contributed by atoms with Crippen LogP contribution in [0.25, 0.3) is 0 Å². The number of sulfonamides is 1. The van der Waals surface area contributed by atoms with E-state index in [0.717, 1.165) is 30.9 Å². The monoisotopic (exact) mass is 397 g/mol. The molecule has 0 spiro atoms. The highest BCUT2D eigenvalue weighted by molar-refractivity contribution is 7.88. The number of para-hydroxylation sites is 2. The second kappa shape index (κ2) is 9.41. The van der Waals surface area contributed by atoms with E-state index in [4.69, 9.17) is 4.74 Å². The topological polar surface area (TPSA) is 70.2 Å². The van der Waals surface area contributed by atoms with Gasteiger partial charge in [0.25, 0.3) is 0 Å². The van der Waals surface area contributed by atoms with Crippen LogP contribution in [-0.4, -0.2) is 75.7 Å². The summed E-state index contributed by atoms with van der Waals surface area (Å²) in [7, 11) is -1.66. The maximum absolute atomic E-state index is 12.6. The van der Waals surface area contributed by atoms with Gasteiger partial charge in [0.2, 0.25) is 15.9 Å². The van der Waals surface area contributed by atoms with Gasteiger partial charge in [-0.1, -0.05) is 19.1 Å². The summed E-state index contributed by atoms with van der Waals surface area (Å²) in [6, 6.07) is 7.76. The van der Waals surface area contributed by atoms with Gasteiger partial charge in [0, 0.05) is 45.2 Å². The molecule has 1 aromatic rings. The molecule has 1 fully saturated rings. The zero-order chi connectivity index (χ0) is 20.0. The molecule has 1 saturated heterocycles. The molecule has 1 unspecified atom stereocenters. The van der Waals surface area contributed by atoms with Crippen LogP contribution in [0.5, 0.6) is 5.75 Å². The zero-order valence-corrected chi connectivity index (χ0v) is 17.5. The van der Waals surface area contributed by atoms with Crippen molar-refractivity contribution >= 4 is 21.6 Å². The normalized spacial score (nSPS) is 16.5. The molecule has 7 nitrogen and oxygen atoms in total. The van der Waals surface area contributed by atoms with Crippen molar-refractivity contribution in [3.05, 3.63) is 24.3 Å². The van der Waals surface area contributed by atoms with Gasteiger partial charge in [0.15, 0.2) is 0 Å². The Hall–Kier alpha value is -1.80. The minimum absolute atomic E-state index is 0.00614. The first-order valence-corrected chi connectivity index (χ1v) is 11.2. The minimum atomic E-state index is -3.31. The molecular weight excluding hydrogens is 366 g/mol. The van der Waals surface area contributed by atoms with Crippen molar-refractivity contribution in [1.29, 1.82) is 0 Å². The van der Waals surface area contributed by atoms with E-state index in [9.17, 15) is 13.2 Å². The standard InChI is InChI=1S/C19H31N3O4S/c1-5-16(2)22(27(4,24)25)11-10-19(23)21-14-12-20(13-15-21)17-8-6-7-9-18(17)26-3/h6-9,16H,5,10-15H2,1-4H3. The molecule has 0 bridgehead atoms. The highest BCUT2D eigenvalue weighted by Crippen LogP contribution is 2.28. The SMILES string of the molecule is CCC(C)N(CCC(=O)N1CCN(c2ccccc2OC)CC1)S(C)(=O)=O. The van der Waals surface area contributed by atoms with E-state index < -0.39 is 10.0 Å². The van der Waals surface area contributed by atoms with Gasteiger partial charge in [0.05, 0.1) is 19.1 Å². The quantitative estimate of drug-likeness (QED) is 0.669. The number of benzene rings is 1. The largest absolute Gasteiger partial charge is 0.495 e. The molecule has 27 heavy (non-hydrogen) atoms. The Morgan fingerprint density at radius 3 is 2.41 bits per heavy atom. The summed E-state index contributed by atoms with van der Waals surface area (Å²) in [6.45, 7) is 6.76. The van der Waals surface area contributed by atoms with Crippen molar-refractivity contribution < 1.29 is 17.9 Å². The van der Waals surface area contributed by atoms with E-state index >= 15 is 0 Å². The van der Waals surface area contributed by atoms with E-state index in [1.165, 1.54) is 10.6 Å². The Morgan fingerprint density at radius 2 is 1.85 bits per heavy atom. The molecular formula is C19H31N3O4S. The van der Waals surface area contributed by atoms with E-state index in [-0.39, 0.29) is 24.9 Å². The Bertz CT molecular complexity index is 730. The van der Waals surface area contributed by atoms with E-state index in [1.54, 1.807) is 7.11 Å². The van der Waals surface area contributed by atoms with Crippen LogP contribution in [0.1, 0.15) is 26.7 Å². The first kappa shape index (κ1) is 21.5. The van der Waals surface area contributed by atoms with Crippen molar-refractivity contribution in [3.8, 4) is 5.75 Å². The van der Waals surface area contributed by atoms with Crippen LogP contribution in [0.15, 0.2) is 24.3 Å². The Labute approximate surface area is 162 Å². The molecule has 0 aromatic heterocycles. The predicted molar refractivity (Wildman–Crippen MR) is 108 cm³/mol. The predicted octanol–water partition coefficient (Wildman–Crippen LogP) is 1.79. The lowest BCUT2D eigenvalue weighted by molar-refractivity contribution is -0.131. The van der Waals surface area contributed by atoms with Crippen LogP contribution in [0.4, 0.5) is 5.69 Å². The van der Waals surface area contributed by atoms with Crippen LogP contribution in [0.3, 0.4) is 0 Å². The van der Waals surface area contributed by atoms with Gasteiger partial charge in [-0.05, 0) is 25.5 Å². The van der Waals surface area contributed by atoms with Gasteiger partial charge in [0.1, 0.15) is 5.75 Å². The number of nitrogens with zero attached hydrogens (tertiary/aromatic N) is 3. The molecule has 2 rings (SSSR count). The van der Waals surface area contributed by atoms with Crippen molar-refractivity contribution in [2.75, 3.05) is 51.0 Å². The average Bonchev–Trinajstić information content (AvgIpc) is 2.66. The van der Waals surface area contributed by atoms with Crippen LogP contribution in [0, 0.1) is 0 Å². The fourth-order valence-electron chi connectivity index (χ4n) is 3.37. The Kier molecular flexibility index (Phi) is 7.49. The lowest BCUT2D eigenvalue weighted by Gasteiger charge is -2.37. The van der Waals surface area contributed by atoms with Crippen molar-refractivity contribution in [2.45, 2.75) is 32.7 Å². The number of methoxy groups -OCH3 is 1. The molecule has 1 aromatic carbocycles. The van der Waals surface area contributed by atoms with Crippen LogP contribution < -0.4 is 9.64 Å². The van der Waals surface area contributed by atoms with Crippen LogP contribution in [-0.2, 0) is 14.8 Å². The molecule has 0 saturated carbocycles. The van der Waals surface area contributed by atoms with Crippen molar-refractivity contribution in [2.24, 2.45) is 0 Å². The fourth-order valence-corrected chi connectivity index (χ4v) is 4.59. The van der Waals surface area contributed by atoms with Crippen LogP contribution in [0.2, 0.25) is 0 Å². The van der Waals surface area contributed by atoms with Gasteiger partial charge < -0.3 is 14.5 Å². The van der Waals surface area contributed by atoms with Crippen LogP contribution >= 0.6 is 0 Å². The van der Waals surface area contributed by atoms with Crippen molar-refractivity contribution in [1.82, 2.24) is 9.21 Å². The second-order valence-corrected chi connectivity index (χ2v) is 8.86. The third-order valence-electron chi connectivity index (χ3n) is 5.11. The summed E-state index contributed by atoms with van der Waals surface area (Å²) in [5.41, 5.74) is 1.03. The minimum Gasteiger partial charge on any atom is -0.495 e. The lowest BCUT2D eigenvalue weighted by Crippen LogP contribution is -2.49. The maximum Gasteiger partial charge on any atom is 0.224 e. The number of hydrogen-bond donors (Lipinski definition) is 0. The molecule has 1 heterocycles. The first-order valence-electron chi connectivity index (χ1n) is 9.40. The zero-order valence-electron chi connectivity index (χ0n) is 16.7. The summed E-state index contributed by atoms with van der Waals surface area (Å²) in [6.07, 6.45) is 2.14. The summed E-state index contributed by atoms with van der Waals surface area (Å²) in [4.78, 5) is 16.6. The smallest absolute Gasteiger partial charge is 0.224 e. The third-order valence-corrected chi connectivity index (χ3v) is 6.51. The number of carbonyl (C=O) groups excluding carboxylic acids is 1. The number of anilines is 1. The lowest BCUT2D eigenvalue weighted by atomic mass is 10.2. The van der Waals surface area contributed by atoms with E-state index in [0.29, 0.717) is 13.1 Å². The molecule has 0 aliphatic carbocycles. The highest BCUT2D eigenvalue weighted by Gasteiger charge is 2.26. The molecule has 1 aliphatic rings. The number of piperazine rings is 1. The summed E-state index contributed by atoms with van der Waals surface area (Å²) < 4.78 is 30.8. The third kappa shape index (κ3) is 5.59. The maximum atomic E-state index is 12.6. The molecule has 1 atom stereocenters. The van der Waals surface area contributed by atoms with Gasteiger partial charge in [-0.3, -0.25) is 4.79 Å². The van der Waals surface area contributed by atoms with Gasteiger partial charge in [-0.25, -0.2) is 8.42 Å². The summed E-state index contributed by atoms with van der Waals surface area (Å²) in [5, 5.41) is 0. The Morgan fingerprint density at radius 1 is 1.22 bits per heavy atom. The first-order chi connectivity index (χ1) is 12.8. The number of carbonyl (C=O) groups is 1. The molecule has 1 amide bonds. The summed E-state index contributed by atoms with van der Waals surface area (Å²) in [5.74, 6) is 0.834. The van der Waals surface area contributed by atoms with Gasteiger partial charge >= 0.3 is 0 Å². The number of hydrogen-bond acceptors (Lipinski definition) is 5.